The molecule has 0 saturated carbocycles. The fraction of sp³-hybridized carbons (Fsp3) is 0.800. The maximum Gasteiger partial charge on any atom is 0.383 e. The fourth-order valence-corrected chi connectivity index (χ4v) is 2.98. The molecule has 0 aliphatic rings. The highest BCUT2D eigenvalue weighted by Crippen LogP contribution is 2.27. The molecule has 0 saturated heterocycles. The second-order valence-electron chi connectivity index (χ2n) is 7.06. The Hall–Kier alpha value is -0.940. The van der Waals surface area contributed by atoms with Crippen molar-refractivity contribution in [3.8, 4) is 0 Å². The number of halogens is 4. The van der Waals surface area contributed by atoms with E-state index in [0.29, 0.717) is 6.61 Å². The van der Waals surface area contributed by atoms with E-state index in [4.69, 9.17) is 24.4 Å². The maximum atomic E-state index is 13.6. The van der Waals surface area contributed by atoms with Gasteiger partial charge in [0.1, 0.15) is 26.1 Å². The second-order valence-corrected chi connectivity index (χ2v) is 8.09. The molecule has 1 aromatic rings. The first-order valence-electron chi connectivity index (χ1n) is 10.5. The van der Waals surface area contributed by atoms with Gasteiger partial charge in [0.15, 0.2) is 0 Å². The van der Waals surface area contributed by atoms with Crippen molar-refractivity contribution in [3.05, 3.63) is 22.4 Å². The molecule has 0 bridgehead atoms. The van der Waals surface area contributed by atoms with Gasteiger partial charge >= 0.3 is 12.2 Å². The Morgan fingerprint density at radius 2 is 1.50 bits per heavy atom. The van der Waals surface area contributed by atoms with Crippen LogP contribution in [0.25, 0.3) is 0 Å². The number of alkyl halides is 4. The molecule has 14 heteroatoms. The van der Waals surface area contributed by atoms with E-state index in [1.807, 2.05) is 17.5 Å². The average molecular weight is 525 g/mol. The molecule has 0 aromatic carbocycles. The number of aliphatic hydroxyl groups excluding tert-OH is 3. The number of hydrogen-bond donors (Lipinski definition) is 3. The summed E-state index contributed by atoms with van der Waals surface area (Å²) >= 11 is 1.60. The van der Waals surface area contributed by atoms with Crippen LogP contribution in [0.5, 0.6) is 0 Å². The van der Waals surface area contributed by atoms with E-state index in [1.54, 1.807) is 11.3 Å². The first-order chi connectivity index (χ1) is 16.1. The Labute approximate surface area is 199 Å². The van der Waals surface area contributed by atoms with E-state index in [0.717, 1.165) is 11.3 Å². The van der Waals surface area contributed by atoms with Crippen molar-refractivity contribution in [1.82, 2.24) is 0 Å². The van der Waals surface area contributed by atoms with Crippen LogP contribution in [0, 0.1) is 0 Å². The molecule has 0 fully saturated rings. The zero-order valence-corrected chi connectivity index (χ0v) is 19.4. The second kappa shape index (κ2) is 17.5. The van der Waals surface area contributed by atoms with Gasteiger partial charge in [-0.05, 0) is 17.9 Å². The minimum Gasteiger partial charge on any atom is -0.394 e. The van der Waals surface area contributed by atoms with Crippen molar-refractivity contribution in [1.29, 1.82) is 0 Å². The molecule has 0 aliphatic carbocycles. The lowest BCUT2D eigenvalue weighted by Gasteiger charge is -2.24. The number of ether oxygens (including phenoxy) is 6. The third-order valence-electron chi connectivity index (χ3n) is 3.88. The minimum atomic E-state index is -4.31. The van der Waals surface area contributed by atoms with Crippen LogP contribution in [0.2, 0.25) is 0 Å². The van der Waals surface area contributed by atoms with E-state index in [9.17, 15) is 22.7 Å². The van der Waals surface area contributed by atoms with Gasteiger partial charge in [0, 0.05) is 17.9 Å². The van der Waals surface area contributed by atoms with Crippen molar-refractivity contribution in [3.63, 3.8) is 0 Å². The number of hydrogen-bond acceptors (Lipinski definition) is 10. The fourth-order valence-electron chi connectivity index (χ4n) is 2.29. The van der Waals surface area contributed by atoms with Crippen LogP contribution >= 0.6 is 11.3 Å². The van der Waals surface area contributed by atoms with Crippen LogP contribution in [0.4, 0.5) is 17.6 Å². The molecule has 34 heavy (non-hydrogen) atoms. The highest BCUT2D eigenvalue weighted by molar-refractivity contribution is 7.09. The van der Waals surface area contributed by atoms with E-state index < -0.39 is 57.6 Å². The summed E-state index contributed by atoms with van der Waals surface area (Å²) in [5.41, 5.74) is 0. The van der Waals surface area contributed by atoms with Gasteiger partial charge in [-0.3, -0.25) is 4.74 Å². The molecule has 1 aromatic heterocycles. The first-order valence-corrected chi connectivity index (χ1v) is 11.4. The van der Waals surface area contributed by atoms with Gasteiger partial charge in [-0.2, -0.15) is 17.6 Å². The van der Waals surface area contributed by atoms with Gasteiger partial charge in [0.2, 0.25) is 0 Å². The quantitative estimate of drug-likeness (QED) is 0.118. The zero-order valence-electron chi connectivity index (χ0n) is 18.6. The maximum absolute atomic E-state index is 13.6. The third kappa shape index (κ3) is 16.6. The van der Waals surface area contributed by atoms with Crippen molar-refractivity contribution in [2.75, 3.05) is 66.3 Å². The van der Waals surface area contributed by atoms with Crippen molar-refractivity contribution in [2.24, 2.45) is 0 Å². The average Bonchev–Trinajstić information content (AvgIpc) is 3.27. The summed E-state index contributed by atoms with van der Waals surface area (Å²) in [7, 11) is 0. The summed E-state index contributed by atoms with van der Waals surface area (Å²) in [6.07, 6.45) is -9.91. The molecule has 3 N–H and O–H groups in total. The summed E-state index contributed by atoms with van der Waals surface area (Å²) in [5, 5.41) is 29.3. The molecule has 1 rings (SSSR count). The highest BCUT2D eigenvalue weighted by atomic mass is 32.1. The standard InChI is InChI=1S/C20H32F4O9S/c21-19(22,13-31-11-16(26)3-5-28-6-4-18-2-1-9-34-18)33-20(23,24)14-32-15-30-8-7-29-12-17(27)10-25/h1-2,9,16-17,25-27H,3-8,10-15H2. The zero-order chi connectivity index (χ0) is 25.3. The van der Waals surface area contributed by atoms with Crippen LogP contribution in [0.15, 0.2) is 17.5 Å². The Morgan fingerprint density at radius 1 is 0.824 bits per heavy atom. The van der Waals surface area contributed by atoms with Crippen molar-refractivity contribution < 1.29 is 61.3 Å². The van der Waals surface area contributed by atoms with Gasteiger partial charge in [-0.1, -0.05) is 6.07 Å². The van der Waals surface area contributed by atoms with Gasteiger partial charge in [-0.15, -0.1) is 11.3 Å². The van der Waals surface area contributed by atoms with Gasteiger partial charge < -0.3 is 39.0 Å². The summed E-state index contributed by atoms with van der Waals surface area (Å²) in [5.74, 6) is 0. The lowest BCUT2D eigenvalue weighted by molar-refractivity contribution is -0.396. The Balaban J connectivity index is 2.06. The lowest BCUT2D eigenvalue weighted by atomic mass is 10.3. The minimum absolute atomic E-state index is 0.00412. The molecule has 9 nitrogen and oxygen atoms in total. The monoisotopic (exact) mass is 524 g/mol. The normalized spacial score (nSPS) is 14.4. The largest absolute Gasteiger partial charge is 0.394 e. The van der Waals surface area contributed by atoms with Crippen molar-refractivity contribution >= 4 is 11.3 Å². The number of thiophene rings is 1. The van der Waals surface area contributed by atoms with Crippen LogP contribution < -0.4 is 0 Å². The van der Waals surface area contributed by atoms with E-state index in [-0.39, 0.29) is 32.8 Å². The molecular weight excluding hydrogens is 492 g/mol. The van der Waals surface area contributed by atoms with Gasteiger partial charge in [0.25, 0.3) is 0 Å². The Morgan fingerprint density at radius 3 is 2.18 bits per heavy atom. The molecule has 200 valence electrons. The van der Waals surface area contributed by atoms with Gasteiger partial charge in [-0.25, -0.2) is 0 Å². The SMILES string of the molecule is OCC(O)COCCOCOCC(F)(F)OC(F)(F)COCC(O)CCOCCc1cccs1. The molecule has 2 unspecified atom stereocenters. The Kier molecular flexibility index (Phi) is 16.0. The molecule has 0 radical (unpaired) electrons. The molecule has 0 spiro atoms. The molecule has 1 heterocycles. The summed E-state index contributed by atoms with van der Waals surface area (Å²) in [6, 6.07) is 3.89. The predicted octanol–water partition coefficient (Wildman–Crippen LogP) is 1.64. The van der Waals surface area contributed by atoms with E-state index in [2.05, 4.69) is 14.2 Å². The molecule has 2 atom stereocenters. The van der Waals surface area contributed by atoms with Gasteiger partial charge in [0.05, 0.1) is 45.7 Å². The molecule has 0 amide bonds. The van der Waals surface area contributed by atoms with Crippen LogP contribution in [0.3, 0.4) is 0 Å². The summed E-state index contributed by atoms with van der Waals surface area (Å²) in [6.45, 7) is -4.14. The van der Waals surface area contributed by atoms with Crippen LogP contribution in [-0.2, 0) is 34.8 Å². The number of rotatable bonds is 22. The molecule has 0 aliphatic heterocycles. The number of aliphatic hydroxyl groups is 3. The van der Waals surface area contributed by atoms with Crippen molar-refractivity contribution in [2.45, 2.75) is 37.3 Å². The topological polar surface area (TPSA) is 116 Å². The predicted molar refractivity (Wildman–Crippen MR) is 112 cm³/mol. The molecular formula is C20H32F4O9S. The smallest absolute Gasteiger partial charge is 0.383 e. The first kappa shape index (κ1) is 31.1. The highest BCUT2D eigenvalue weighted by Gasteiger charge is 2.44. The van der Waals surface area contributed by atoms with E-state index in [1.165, 1.54) is 0 Å². The Bertz CT molecular complexity index is 611. The summed E-state index contributed by atoms with van der Waals surface area (Å²) < 4.78 is 81.8. The van der Waals surface area contributed by atoms with Crippen LogP contribution in [0.1, 0.15) is 11.3 Å². The van der Waals surface area contributed by atoms with Crippen LogP contribution in [-0.4, -0.2) is 106 Å². The third-order valence-corrected chi connectivity index (χ3v) is 4.81. The van der Waals surface area contributed by atoms with E-state index >= 15 is 0 Å². The summed E-state index contributed by atoms with van der Waals surface area (Å²) in [4.78, 5) is 1.15. The lowest BCUT2D eigenvalue weighted by Crippen LogP contribution is -2.40.